The van der Waals surface area contributed by atoms with Gasteiger partial charge in [0.1, 0.15) is 11.8 Å². The zero-order valence-corrected chi connectivity index (χ0v) is 11.1. The molecule has 0 aliphatic heterocycles. The van der Waals surface area contributed by atoms with Gasteiger partial charge in [0.2, 0.25) is 0 Å². The number of para-hydroxylation sites is 1. The zero-order valence-electron chi connectivity index (χ0n) is 11.1. The summed E-state index contributed by atoms with van der Waals surface area (Å²) in [5, 5.41) is 12.4. The molecule has 0 amide bonds. The molecule has 1 unspecified atom stereocenters. The minimum absolute atomic E-state index is 0.371. The number of rotatable bonds is 6. The van der Waals surface area contributed by atoms with E-state index in [1.54, 1.807) is 30.5 Å². The lowest BCUT2D eigenvalue weighted by molar-refractivity contribution is -0.139. The van der Waals surface area contributed by atoms with Crippen molar-refractivity contribution in [3.63, 3.8) is 0 Å². The van der Waals surface area contributed by atoms with Gasteiger partial charge in [-0.2, -0.15) is 0 Å². The number of aliphatic carboxylic acids is 1. The lowest BCUT2D eigenvalue weighted by Crippen LogP contribution is -2.28. The minimum atomic E-state index is -0.953. The maximum atomic E-state index is 11.5. The van der Waals surface area contributed by atoms with Crippen molar-refractivity contribution in [2.45, 2.75) is 12.6 Å². The van der Waals surface area contributed by atoms with E-state index in [1.807, 2.05) is 18.2 Å². The fourth-order valence-electron chi connectivity index (χ4n) is 1.94. The Morgan fingerprint density at radius 1 is 1.30 bits per heavy atom. The van der Waals surface area contributed by atoms with Crippen molar-refractivity contribution in [2.75, 3.05) is 7.11 Å². The van der Waals surface area contributed by atoms with Gasteiger partial charge in [-0.25, -0.2) is 0 Å². The Hall–Kier alpha value is -2.40. The summed E-state index contributed by atoms with van der Waals surface area (Å²) in [6.45, 7) is 0.371. The van der Waals surface area contributed by atoms with Crippen molar-refractivity contribution in [1.82, 2.24) is 10.3 Å². The van der Waals surface area contributed by atoms with Crippen LogP contribution in [0.1, 0.15) is 17.3 Å². The fourth-order valence-corrected chi connectivity index (χ4v) is 1.94. The van der Waals surface area contributed by atoms with E-state index >= 15 is 0 Å². The molecule has 104 valence electrons. The zero-order chi connectivity index (χ0) is 14.4. The summed E-state index contributed by atoms with van der Waals surface area (Å²) in [6, 6.07) is 11.8. The number of nitrogens with zero attached hydrogens (tertiary/aromatic N) is 1. The summed E-state index contributed by atoms with van der Waals surface area (Å²) in [5.74, 6) is -0.404. The molecule has 2 N–H and O–H groups in total. The number of hydrogen-bond acceptors (Lipinski definition) is 4. The Labute approximate surface area is 117 Å². The van der Waals surface area contributed by atoms with Gasteiger partial charge < -0.3 is 9.84 Å². The van der Waals surface area contributed by atoms with E-state index in [4.69, 9.17) is 4.74 Å². The van der Waals surface area contributed by atoms with Crippen LogP contribution in [0.3, 0.4) is 0 Å². The normalized spacial score (nSPS) is 11.8. The molecule has 20 heavy (non-hydrogen) atoms. The maximum Gasteiger partial charge on any atom is 0.325 e. The summed E-state index contributed by atoms with van der Waals surface area (Å²) < 4.78 is 5.21. The van der Waals surface area contributed by atoms with E-state index in [2.05, 4.69) is 10.3 Å². The average Bonchev–Trinajstić information content (AvgIpc) is 2.48. The number of ether oxygens (including phenoxy) is 1. The lowest BCUT2D eigenvalue weighted by atomic mass is 10.1. The van der Waals surface area contributed by atoms with Gasteiger partial charge in [-0.15, -0.1) is 0 Å². The first-order chi connectivity index (χ1) is 9.72. The molecule has 1 aromatic heterocycles. The molecule has 1 heterocycles. The Morgan fingerprint density at radius 2 is 2.05 bits per heavy atom. The second-order valence-corrected chi connectivity index (χ2v) is 4.22. The van der Waals surface area contributed by atoms with Gasteiger partial charge in [0.15, 0.2) is 0 Å². The number of carboxylic acids is 1. The highest BCUT2D eigenvalue weighted by Crippen LogP contribution is 2.25. The van der Waals surface area contributed by atoms with Gasteiger partial charge >= 0.3 is 5.97 Å². The number of nitrogens with one attached hydrogen (secondary N) is 1. The Bertz CT molecular complexity index is 572. The molecule has 0 spiro atoms. The highest BCUT2D eigenvalue weighted by molar-refractivity contribution is 5.76. The second-order valence-electron chi connectivity index (χ2n) is 4.22. The topological polar surface area (TPSA) is 71.5 Å². The van der Waals surface area contributed by atoms with E-state index in [0.717, 1.165) is 5.69 Å². The largest absolute Gasteiger partial charge is 0.496 e. The molecular weight excluding hydrogens is 256 g/mol. The Morgan fingerprint density at radius 3 is 2.70 bits per heavy atom. The standard InChI is InChI=1S/C15H16N2O3/c1-20-13-8-3-2-7-12(13)14(15(18)19)17-10-11-6-4-5-9-16-11/h2-9,14,17H,10H2,1H3,(H,18,19). The number of aromatic nitrogens is 1. The Kier molecular flexibility index (Phi) is 4.68. The molecule has 2 rings (SSSR count). The summed E-state index contributed by atoms with van der Waals surface area (Å²) >= 11 is 0. The van der Waals surface area contributed by atoms with E-state index in [9.17, 15) is 9.90 Å². The van der Waals surface area contributed by atoms with Gasteiger partial charge in [-0.05, 0) is 18.2 Å². The van der Waals surface area contributed by atoms with Crippen LogP contribution in [0.5, 0.6) is 5.75 Å². The molecule has 0 bridgehead atoms. The molecule has 0 fully saturated rings. The van der Waals surface area contributed by atoms with Gasteiger partial charge in [-0.1, -0.05) is 24.3 Å². The van der Waals surface area contributed by atoms with Crippen molar-refractivity contribution in [2.24, 2.45) is 0 Å². The third kappa shape index (κ3) is 3.33. The van der Waals surface area contributed by atoms with E-state index in [0.29, 0.717) is 17.9 Å². The fraction of sp³-hybridized carbons (Fsp3) is 0.200. The van der Waals surface area contributed by atoms with Crippen molar-refractivity contribution < 1.29 is 14.6 Å². The summed E-state index contributed by atoms with van der Waals surface area (Å²) in [6.07, 6.45) is 1.68. The van der Waals surface area contributed by atoms with Gasteiger partial charge in [-0.3, -0.25) is 15.1 Å². The van der Waals surface area contributed by atoms with Crippen LogP contribution < -0.4 is 10.1 Å². The van der Waals surface area contributed by atoms with Gasteiger partial charge in [0, 0.05) is 18.3 Å². The quantitative estimate of drug-likeness (QED) is 0.841. The molecular formula is C15H16N2O3. The van der Waals surface area contributed by atoms with E-state index in [-0.39, 0.29) is 0 Å². The number of carbonyl (C=O) groups is 1. The predicted octanol–water partition coefficient (Wildman–Crippen LogP) is 2.01. The Balaban J connectivity index is 2.17. The molecule has 2 aromatic rings. The molecule has 0 saturated heterocycles. The van der Waals surface area contributed by atoms with Crippen LogP contribution in [0.4, 0.5) is 0 Å². The SMILES string of the molecule is COc1ccccc1C(NCc1ccccn1)C(=O)O. The number of hydrogen-bond donors (Lipinski definition) is 2. The second kappa shape index (κ2) is 6.68. The van der Waals surface area contributed by atoms with Crippen LogP contribution in [-0.4, -0.2) is 23.2 Å². The molecule has 5 heteroatoms. The van der Waals surface area contributed by atoms with Crippen LogP contribution in [0.25, 0.3) is 0 Å². The van der Waals surface area contributed by atoms with Crippen LogP contribution in [-0.2, 0) is 11.3 Å². The molecule has 0 radical (unpaired) electrons. The highest BCUT2D eigenvalue weighted by atomic mass is 16.5. The smallest absolute Gasteiger partial charge is 0.325 e. The number of benzene rings is 1. The molecule has 1 atom stereocenters. The average molecular weight is 272 g/mol. The highest BCUT2D eigenvalue weighted by Gasteiger charge is 2.22. The minimum Gasteiger partial charge on any atom is -0.496 e. The third-order valence-corrected chi connectivity index (χ3v) is 2.91. The summed E-state index contributed by atoms with van der Waals surface area (Å²) in [5.41, 5.74) is 1.38. The molecule has 0 saturated carbocycles. The third-order valence-electron chi connectivity index (χ3n) is 2.91. The first kappa shape index (κ1) is 14.0. The van der Waals surface area contributed by atoms with Crippen molar-refractivity contribution in [1.29, 1.82) is 0 Å². The van der Waals surface area contributed by atoms with Crippen LogP contribution >= 0.6 is 0 Å². The first-order valence-electron chi connectivity index (χ1n) is 6.21. The predicted molar refractivity (Wildman–Crippen MR) is 74.4 cm³/mol. The summed E-state index contributed by atoms with van der Waals surface area (Å²) in [7, 11) is 1.52. The van der Waals surface area contributed by atoms with Crippen LogP contribution in [0, 0.1) is 0 Å². The van der Waals surface area contributed by atoms with Crippen molar-refractivity contribution >= 4 is 5.97 Å². The molecule has 0 aliphatic rings. The van der Waals surface area contributed by atoms with Crippen LogP contribution in [0.2, 0.25) is 0 Å². The lowest BCUT2D eigenvalue weighted by Gasteiger charge is -2.17. The number of methoxy groups -OCH3 is 1. The molecule has 1 aromatic carbocycles. The van der Waals surface area contributed by atoms with E-state index < -0.39 is 12.0 Å². The van der Waals surface area contributed by atoms with Crippen molar-refractivity contribution in [3.8, 4) is 5.75 Å². The summed E-state index contributed by atoms with van der Waals surface area (Å²) in [4.78, 5) is 15.6. The molecule has 0 aliphatic carbocycles. The monoisotopic (exact) mass is 272 g/mol. The molecule has 5 nitrogen and oxygen atoms in total. The number of pyridine rings is 1. The van der Waals surface area contributed by atoms with Gasteiger partial charge in [0.05, 0.1) is 12.8 Å². The maximum absolute atomic E-state index is 11.5. The van der Waals surface area contributed by atoms with Crippen molar-refractivity contribution in [3.05, 3.63) is 59.9 Å². The number of carboxylic acid groups (broad SMARTS) is 1. The van der Waals surface area contributed by atoms with Gasteiger partial charge in [0.25, 0.3) is 0 Å². The van der Waals surface area contributed by atoms with Crippen LogP contribution in [0.15, 0.2) is 48.7 Å². The van der Waals surface area contributed by atoms with E-state index in [1.165, 1.54) is 7.11 Å². The first-order valence-corrected chi connectivity index (χ1v) is 6.21.